The first-order chi connectivity index (χ1) is 9.26. The Morgan fingerprint density at radius 2 is 2.37 bits per heavy atom. The first-order valence-electron chi connectivity index (χ1n) is 6.36. The van der Waals surface area contributed by atoms with Crippen LogP contribution in [0.15, 0.2) is 6.07 Å². The van der Waals surface area contributed by atoms with Crippen molar-refractivity contribution in [2.75, 3.05) is 23.0 Å². The Kier molecular flexibility index (Phi) is 3.76. The van der Waals surface area contributed by atoms with Crippen LogP contribution >= 0.6 is 23.1 Å². The molecule has 0 saturated carbocycles. The third-order valence-electron chi connectivity index (χ3n) is 3.17. The van der Waals surface area contributed by atoms with Gasteiger partial charge in [0, 0.05) is 16.7 Å². The molecular weight excluding hydrogens is 278 g/mol. The Morgan fingerprint density at radius 3 is 3.11 bits per heavy atom. The molecule has 0 amide bonds. The molecule has 5 nitrogen and oxygen atoms in total. The number of rotatable bonds is 4. The molecule has 0 aliphatic carbocycles. The average Bonchev–Trinajstić information content (AvgIpc) is 3.03. The summed E-state index contributed by atoms with van der Waals surface area (Å²) in [5.41, 5.74) is 2.54. The highest BCUT2D eigenvalue weighted by Gasteiger charge is 2.16. The molecule has 1 aliphatic rings. The van der Waals surface area contributed by atoms with Gasteiger partial charge in [0.2, 0.25) is 5.95 Å². The van der Waals surface area contributed by atoms with E-state index >= 15 is 0 Å². The van der Waals surface area contributed by atoms with E-state index in [1.54, 1.807) is 11.3 Å². The van der Waals surface area contributed by atoms with Gasteiger partial charge in [-0.3, -0.25) is 5.43 Å². The van der Waals surface area contributed by atoms with E-state index in [4.69, 9.17) is 5.84 Å². The summed E-state index contributed by atoms with van der Waals surface area (Å²) < 4.78 is 0. The third-order valence-corrected chi connectivity index (χ3v) is 5.51. The number of fused-ring (bicyclic) bond motifs is 1. The van der Waals surface area contributed by atoms with E-state index < -0.39 is 0 Å². The minimum atomic E-state index is 0.468. The van der Waals surface area contributed by atoms with E-state index in [-0.39, 0.29) is 0 Å². The van der Waals surface area contributed by atoms with Crippen LogP contribution in [0.1, 0.15) is 17.7 Å². The van der Waals surface area contributed by atoms with E-state index in [0.717, 1.165) is 22.6 Å². The van der Waals surface area contributed by atoms with Gasteiger partial charge in [-0.2, -0.15) is 16.7 Å². The van der Waals surface area contributed by atoms with Crippen LogP contribution in [0.5, 0.6) is 0 Å². The monoisotopic (exact) mass is 295 g/mol. The Balaban J connectivity index is 1.86. The van der Waals surface area contributed by atoms with Crippen molar-refractivity contribution in [1.29, 1.82) is 0 Å². The maximum Gasteiger partial charge on any atom is 0.240 e. The summed E-state index contributed by atoms with van der Waals surface area (Å²) >= 11 is 3.70. The van der Waals surface area contributed by atoms with Crippen LogP contribution in [0, 0.1) is 6.92 Å². The predicted octanol–water partition coefficient (Wildman–Crippen LogP) is 2.59. The number of nitrogens with zero attached hydrogens (tertiary/aromatic N) is 2. The molecule has 102 valence electrons. The second-order valence-corrected chi connectivity index (χ2v) is 7.27. The van der Waals surface area contributed by atoms with Crippen molar-refractivity contribution in [3.63, 3.8) is 0 Å². The highest BCUT2D eigenvalue weighted by Crippen LogP contribution is 2.31. The van der Waals surface area contributed by atoms with E-state index in [9.17, 15) is 0 Å². The number of aromatic nitrogens is 2. The number of anilines is 2. The van der Waals surface area contributed by atoms with Crippen LogP contribution < -0.4 is 16.6 Å². The molecule has 1 aliphatic heterocycles. The number of hydrogen-bond acceptors (Lipinski definition) is 7. The molecule has 19 heavy (non-hydrogen) atoms. The van der Waals surface area contributed by atoms with Crippen molar-refractivity contribution in [2.24, 2.45) is 5.84 Å². The van der Waals surface area contributed by atoms with Crippen molar-refractivity contribution >= 4 is 45.1 Å². The molecule has 0 radical (unpaired) electrons. The van der Waals surface area contributed by atoms with E-state index in [1.807, 2.05) is 11.8 Å². The number of nitrogen functional groups attached to an aromatic ring is 1. The molecule has 1 fully saturated rings. The Labute approximate surface area is 120 Å². The number of aryl methyl sites for hydroxylation is 1. The van der Waals surface area contributed by atoms with Crippen LogP contribution in [0.4, 0.5) is 11.8 Å². The number of hydrazine groups is 1. The molecule has 2 aromatic rings. The van der Waals surface area contributed by atoms with Gasteiger partial charge < -0.3 is 5.32 Å². The largest absolute Gasteiger partial charge is 0.368 e. The molecule has 7 heteroatoms. The highest BCUT2D eigenvalue weighted by atomic mass is 32.2. The molecule has 3 heterocycles. The van der Waals surface area contributed by atoms with Gasteiger partial charge in [0.25, 0.3) is 0 Å². The number of nitrogens with two attached hydrogens (primary N) is 1. The van der Waals surface area contributed by atoms with Gasteiger partial charge in [-0.15, -0.1) is 11.3 Å². The molecule has 2 aromatic heterocycles. The molecule has 0 spiro atoms. The standard InChI is InChI=1S/C12H17N5S2/c1-7-5-9-10(14-6-8-3-2-4-18-8)15-12(17-13)16-11(9)19-7/h5,8H,2-4,6,13H2,1H3,(H2,14,15,16,17). The van der Waals surface area contributed by atoms with E-state index in [1.165, 1.54) is 23.5 Å². The van der Waals surface area contributed by atoms with Crippen molar-refractivity contribution in [1.82, 2.24) is 9.97 Å². The number of thioether (sulfide) groups is 1. The highest BCUT2D eigenvalue weighted by molar-refractivity contribution is 8.00. The summed E-state index contributed by atoms with van der Waals surface area (Å²) in [6.07, 6.45) is 2.61. The maximum absolute atomic E-state index is 5.43. The lowest BCUT2D eigenvalue weighted by atomic mass is 10.2. The number of thiophene rings is 1. The zero-order chi connectivity index (χ0) is 13.2. The summed E-state index contributed by atoms with van der Waals surface area (Å²) in [6, 6.07) is 2.13. The molecule has 1 saturated heterocycles. The van der Waals surface area contributed by atoms with Crippen LogP contribution in [0.3, 0.4) is 0 Å². The van der Waals surface area contributed by atoms with Crippen molar-refractivity contribution < 1.29 is 0 Å². The van der Waals surface area contributed by atoms with Crippen molar-refractivity contribution in [3.05, 3.63) is 10.9 Å². The second kappa shape index (κ2) is 5.52. The van der Waals surface area contributed by atoms with E-state index in [2.05, 4.69) is 33.7 Å². The van der Waals surface area contributed by atoms with Gasteiger partial charge in [-0.05, 0) is 31.6 Å². The first kappa shape index (κ1) is 13.0. The Hall–Kier alpha value is -1.05. The van der Waals surface area contributed by atoms with Crippen molar-refractivity contribution in [2.45, 2.75) is 25.0 Å². The second-order valence-electron chi connectivity index (χ2n) is 4.63. The SMILES string of the molecule is Cc1cc2c(NCC3CCCS3)nc(NN)nc2s1. The summed E-state index contributed by atoms with van der Waals surface area (Å²) in [5, 5.41) is 5.24. The average molecular weight is 295 g/mol. The van der Waals surface area contributed by atoms with Gasteiger partial charge in [0.05, 0.1) is 5.39 Å². The summed E-state index contributed by atoms with van der Waals surface area (Å²) in [7, 11) is 0. The molecule has 1 atom stereocenters. The van der Waals surface area contributed by atoms with Crippen LogP contribution in [0.2, 0.25) is 0 Å². The molecule has 0 aromatic carbocycles. The van der Waals surface area contributed by atoms with Crippen molar-refractivity contribution in [3.8, 4) is 0 Å². The molecule has 0 bridgehead atoms. The fourth-order valence-corrected chi connectivity index (χ4v) is 4.34. The molecule has 4 N–H and O–H groups in total. The first-order valence-corrected chi connectivity index (χ1v) is 8.23. The quantitative estimate of drug-likeness (QED) is 0.594. The lowest BCUT2D eigenvalue weighted by Crippen LogP contribution is -2.16. The van der Waals surface area contributed by atoms with Crippen LogP contribution in [-0.4, -0.2) is 27.5 Å². The maximum atomic E-state index is 5.43. The molecule has 3 rings (SSSR count). The lowest BCUT2D eigenvalue weighted by Gasteiger charge is -2.12. The fourth-order valence-electron chi connectivity index (χ4n) is 2.26. The lowest BCUT2D eigenvalue weighted by molar-refractivity contribution is 0.804. The van der Waals surface area contributed by atoms with Gasteiger partial charge in [0.15, 0.2) is 0 Å². The third kappa shape index (κ3) is 2.77. The fraction of sp³-hybridized carbons (Fsp3) is 0.500. The van der Waals surface area contributed by atoms with Gasteiger partial charge in [-0.1, -0.05) is 0 Å². The zero-order valence-corrected chi connectivity index (χ0v) is 12.4. The molecule has 1 unspecified atom stereocenters. The minimum absolute atomic E-state index is 0.468. The predicted molar refractivity (Wildman–Crippen MR) is 83.9 cm³/mol. The minimum Gasteiger partial charge on any atom is -0.368 e. The molecular formula is C12H17N5S2. The van der Waals surface area contributed by atoms with Crippen LogP contribution in [-0.2, 0) is 0 Å². The topological polar surface area (TPSA) is 75.9 Å². The Bertz CT molecular complexity index is 577. The van der Waals surface area contributed by atoms with Gasteiger partial charge >= 0.3 is 0 Å². The number of hydrogen-bond donors (Lipinski definition) is 3. The van der Waals surface area contributed by atoms with Gasteiger partial charge in [0.1, 0.15) is 10.6 Å². The summed E-state index contributed by atoms with van der Waals surface area (Å²) in [5.74, 6) is 8.06. The smallest absolute Gasteiger partial charge is 0.240 e. The Morgan fingerprint density at radius 1 is 1.47 bits per heavy atom. The normalized spacial score (nSPS) is 18.9. The zero-order valence-electron chi connectivity index (χ0n) is 10.8. The van der Waals surface area contributed by atoms with E-state index in [0.29, 0.717) is 11.2 Å². The summed E-state index contributed by atoms with van der Waals surface area (Å²) in [6.45, 7) is 3.04. The van der Waals surface area contributed by atoms with Crippen LogP contribution in [0.25, 0.3) is 10.2 Å². The summed E-state index contributed by atoms with van der Waals surface area (Å²) in [4.78, 5) is 11.0. The van der Waals surface area contributed by atoms with Gasteiger partial charge in [-0.25, -0.2) is 10.8 Å². The number of nitrogens with one attached hydrogen (secondary N) is 2.